The molecule has 8 heteroatoms. The number of carbonyl (C=O) groups excluding carboxylic acids is 1. The highest BCUT2D eigenvalue weighted by Crippen LogP contribution is 2.22. The van der Waals surface area contributed by atoms with Gasteiger partial charge in [-0.25, -0.2) is 9.36 Å². The second-order valence-corrected chi connectivity index (χ2v) is 7.68. The van der Waals surface area contributed by atoms with Crippen molar-refractivity contribution in [2.75, 3.05) is 7.11 Å². The maximum atomic E-state index is 13.6. The number of ether oxygens (including phenoxy) is 1. The van der Waals surface area contributed by atoms with Crippen LogP contribution in [0.3, 0.4) is 0 Å². The second kappa shape index (κ2) is 8.75. The van der Waals surface area contributed by atoms with Crippen LogP contribution in [-0.2, 0) is 4.79 Å². The monoisotopic (exact) mass is 429 g/mol. The number of amides is 1. The maximum Gasteiger partial charge on any atom is 0.336 e. The van der Waals surface area contributed by atoms with Crippen molar-refractivity contribution in [1.82, 2.24) is 14.5 Å². The molecule has 2 aromatic carbocycles. The molecule has 0 aliphatic rings. The van der Waals surface area contributed by atoms with Crippen molar-refractivity contribution < 1.29 is 9.53 Å². The van der Waals surface area contributed by atoms with Gasteiger partial charge in [-0.3, -0.25) is 14.2 Å². The molecule has 1 amide bonds. The number of hydrogen-bond acceptors (Lipinski definition) is 4. The van der Waals surface area contributed by atoms with Gasteiger partial charge in [-0.15, -0.1) is 0 Å². The molecule has 1 aromatic heterocycles. The van der Waals surface area contributed by atoms with Crippen LogP contribution in [0, 0.1) is 0 Å². The molecule has 1 heterocycles. The Kier molecular flexibility index (Phi) is 6.31. The molecule has 0 saturated heterocycles. The Morgan fingerprint density at radius 2 is 1.90 bits per heavy atom. The van der Waals surface area contributed by atoms with Gasteiger partial charge in [0.25, 0.3) is 5.56 Å². The smallest absolute Gasteiger partial charge is 0.336 e. The first kappa shape index (κ1) is 21.6. The van der Waals surface area contributed by atoms with Gasteiger partial charge < -0.3 is 10.1 Å². The molecule has 3 aromatic rings. The molecule has 0 unspecified atom stereocenters. The number of methoxy groups -OCH3 is 1. The third kappa shape index (κ3) is 3.98. The van der Waals surface area contributed by atoms with Crippen molar-refractivity contribution in [3.05, 3.63) is 68.3 Å². The predicted molar refractivity (Wildman–Crippen MR) is 118 cm³/mol. The van der Waals surface area contributed by atoms with Crippen molar-refractivity contribution in [2.24, 2.45) is 0 Å². The molecule has 30 heavy (non-hydrogen) atoms. The Bertz CT molecular complexity index is 1210. The van der Waals surface area contributed by atoms with Crippen LogP contribution in [0.5, 0.6) is 5.75 Å². The Morgan fingerprint density at radius 1 is 1.17 bits per heavy atom. The summed E-state index contributed by atoms with van der Waals surface area (Å²) in [5.74, 6) is 0.206. The van der Waals surface area contributed by atoms with Gasteiger partial charge >= 0.3 is 5.69 Å². The van der Waals surface area contributed by atoms with Crippen LogP contribution in [0.1, 0.15) is 33.2 Å². The molecular weight excluding hydrogens is 406 g/mol. The van der Waals surface area contributed by atoms with Crippen molar-refractivity contribution in [3.8, 4) is 11.4 Å². The highest BCUT2D eigenvalue weighted by Gasteiger charge is 2.25. The van der Waals surface area contributed by atoms with Crippen LogP contribution in [0.4, 0.5) is 0 Å². The minimum atomic E-state index is -0.807. The summed E-state index contributed by atoms with van der Waals surface area (Å²) in [7, 11) is 1.51. The van der Waals surface area contributed by atoms with Gasteiger partial charge in [0.15, 0.2) is 0 Å². The summed E-state index contributed by atoms with van der Waals surface area (Å²) in [6, 6.07) is 10.5. The summed E-state index contributed by atoms with van der Waals surface area (Å²) in [6.07, 6.45) is 0.358. The lowest BCUT2D eigenvalue weighted by molar-refractivity contribution is -0.124. The number of nitrogens with one attached hydrogen (secondary N) is 1. The summed E-state index contributed by atoms with van der Waals surface area (Å²) in [4.78, 5) is 39.7. The van der Waals surface area contributed by atoms with E-state index in [0.29, 0.717) is 28.4 Å². The number of rotatable bonds is 6. The number of nitrogens with zero attached hydrogens (tertiary/aromatic N) is 2. The Hall–Kier alpha value is -3.06. The summed E-state index contributed by atoms with van der Waals surface area (Å²) in [5, 5.41) is 3.51. The van der Waals surface area contributed by atoms with Crippen LogP contribution < -0.4 is 21.3 Å². The third-order valence-corrected chi connectivity index (χ3v) is 5.03. The first-order valence-corrected chi connectivity index (χ1v) is 10.1. The highest BCUT2D eigenvalue weighted by atomic mass is 35.5. The maximum absolute atomic E-state index is 13.6. The molecule has 0 bridgehead atoms. The Labute approximate surface area is 178 Å². The molecule has 0 radical (unpaired) electrons. The Balaban J connectivity index is 2.40. The fraction of sp³-hybridized carbons (Fsp3) is 0.318. The number of halogens is 1. The Morgan fingerprint density at radius 3 is 2.53 bits per heavy atom. The molecule has 0 aliphatic carbocycles. The van der Waals surface area contributed by atoms with Gasteiger partial charge in [-0.2, -0.15) is 0 Å². The molecule has 1 atom stereocenters. The molecule has 3 rings (SSSR count). The van der Waals surface area contributed by atoms with Gasteiger partial charge in [0.2, 0.25) is 5.91 Å². The van der Waals surface area contributed by atoms with E-state index < -0.39 is 17.3 Å². The second-order valence-electron chi connectivity index (χ2n) is 7.24. The normalized spacial score (nSPS) is 12.2. The van der Waals surface area contributed by atoms with Crippen LogP contribution in [0.15, 0.2) is 52.1 Å². The largest absolute Gasteiger partial charge is 0.497 e. The van der Waals surface area contributed by atoms with Gasteiger partial charge in [-0.1, -0.05) is 24.6 Å². The van der Waals surface area contributed by atoms with Crippen LogP contribution in [-0.4, -0.2) is 28.2 Å². The van der Waals surface area contributed by atoms with Crippen molar-refractivity contribution >= 4 is 28.4 Å². The van der Waals surface area contributed by atoms with E-state index in [1.807, 2.05) is 20.8 Å². The van der Waals surface area contributed by atoms with E-state index in [-0.39, 0.29) is 17.3 Å². The zero-order chi connectivity index (χ0) is 22.0. The molecule has 0 fully saturated rings. The van der Waals surface area contributed by atoms with Crippen molar-refractivity contribution in [3.63, 3.8) is 0 Å². The van der Waals surface area contributed by atoms with Crippen LogP contribution >= 0.6 is 11.6 Å². The van der Waals surface area contributed by atoms with Crippen molar-refractivity contribution in [1.29, 1.82) is 0 Å². The minimum absolute atomic E-state index is 0.0959. The SMILES string of the molecule is CC[C@H](C(=O)NC(C)C)n1c(=O)n(-c2cccc(OC)c2)c(=O)c2ccc(Cl)cc21. The van der Waals surface area contributed by atoms with E-state index in [4.69, 9.17) is 16.3 Å². The van der Waals surface area contributed by atoms with E-state index in [9.17, 15) is 14.4 Å². The lowest BCUT2D eigenvalue weighted by Crippen LogP contribution is -2.45. The summed E-state index contributed by atoms with van der Waals surface area (Å²) >= 11 is 6.16. The highest BCUT2D eigenvalue weighted by molar-refractivity contribution is 6.31. The average Bonchev–Trinajstić information content (AvgIpc) is 2.70. The summed E-state index contributed by atoms with van der Waals surface area (Å²) < 4.78 is 7.64. The van der Waals surface area contributed by atoms with Crippen LogP contribution in [0.25, 0.3) is 16.6 Å². The number of fused-ring (bicyclic) bond motifs is 1. The van der Waals surface area contributed by atoms with E-state index >= 15 is 0 Å². The molecule has 0 aliphatic heterocycles. The van der Waals surface area contributed by atoms with Gasteiger partial charge in [-0.05, 0) is 50.6 Å². The topological polar surface area (TPSA) is 82.3 Å². The van der Waals surface area contributed by atoms with Crippen LogP contribution in [0.2, 0.25) is 5.02 Å². The molecule has 7 nitrogen and oxygen atoms in total. The zero-order valence-corrected chi connectivity index (χ0v) is 18.1. The number of carbonyl (C=O) groups is 1. The van der Waals surface area contributed by atoms with Gasteiger partial charge in [0.1, 0.15) is 11.8 Å². The lowest BCUT2D eigenvalue weighted by Gasteiger charge is -2.22. The predicted octanol–water partition coefficient (Wildman–Crippen LogP) is 3.29. The molecular formula is C22H24ClN3O4. The molecule has 0 spiro atoms. The third-order valence-electron chi connectivity index (χ3n) is 4.79. The number of hydrogen-bond donors (Lipinski definition) is 1. The number of aromatic nitrogens is 2. The lowest BCUT2D eigenvalue weighted by atomic mass is 10.1. The average molecular weight is 430 g/mol. The van der Waals surface area contributed by atoms with E-state index in [1.54, 1.807) is 42.5 Å². The standard InChI is InChI=1S/C22H24ClN3O4/c1-5-18(20(27)24-13(2)3)26-19-11-14(23)9-10-17(19)21(28)25(22(26)29)15-7-6-8-16(12-15)30-4/h6-13,18H,5H2,1-4H3,(H,24,27)/t18-/m1/s1. The zero-order valence-electron chi connectivity index (χ0n) is 17.3. The van der Waals surface area contributed by atoms with Gasteiger partial charge in [0.05, 0.1) is 23.7 Å². The number of benzene rings is 2. The first-order chi connectivity index (χ1) is 14.3. The molecule has 0 saturated carbocycles. The van der Waals surface area contributed by atoms with E-state index in [2.05, 4.69) is 5.32 Å². The van der Waals surface area contributed by atoms with E-state index in [1.165, 1.54) is 11.7 Å². The summed E-state index contributed by atoms with van der Waals surface area (Å²) in [6.45, 7) is 5.51. The summed E-state index contributed by atoms with van der Waals surface area (Å²) in [5.41, 5.74) is -0.430. The first-order valence-electron chi connectivity index (χ1n) is 9.70. The van der Waals surface area contributed by atoms with E-state index in [0.717, 1.165) is 4.57 Å². The molecule has 1 N–H and O–H groups in total. The quantitative estimate of drug-likeness (QED) is 0.651. The van der Waals surface area contributed by atoms with Crippen molar-refractivity contribution in [2.45, 2.75) is 39.3 Å². The fourth-order valence-electron chi connectivity index (χ4n) is 3.45. The fourth-order valence-corrected chi connectivity index (χ4v) is 3.61. The minimum Gasteiger partial charge on any atom is -0.497 e. The van der Waals surface area contributed by atoms with Gasteiger partial charge in [0, 0.05) is 17.1 Å². The molecule has 158 valence electrons.